The molecule has 0 saturated heterocycles. The van der Waals surface area contributed by atoms with Gasteiger partial charge in [-0.2, -0.15) is 5.10 Å². The third-order valence-corrected chi connectivity index (χ3v) is 11.9. The van der Waals surface area contributed by atoms with E-state index in [1.165, 1.54) is 24.0 Å². The molecule has 2 N–H and O–H groups in total. The molecular formula is C39H50N4O5. The number of aryl methyl sites for hydroxylation is 1. The Bertz CT molecular complexity index is 1600. The van der Waals surface area contributed by atoms with Crippen molar-refractivity contribution in [1.29, 1.82) is 0 Å². The first-order valence-corrected chi connectivity index (χ1v) is 18.0. The number of aliphatic hydroxyl groups is 1. The lowest BCUT2D eigenvalue weighted by Gasteiger charge is -2.55. The molecule has 8 rings (SSSR count). The number of benzene rings is 2. The van der Waals surface area contributed by atoms with Gasteiger partial charge in [-0.05, 0) is 130 Å². The van der Waals surface area contributed by atoms with Crippen molar-refractivity contribution >= 4 is 17.7 Å². The van der Waals surface area contributed by atoms with Gasteiger partial charge >= 0.3 is 6.09 Å². The van der Waals surface area contributed by atoms with Gasteiger partial charge in [0.05, 0.1) is 26.0 Å². The van der Waals surface area contributed by atoms with E-state index in [1.807, 2.05) is 6.20 Å². The summed E-state index contributed by atoms with van der Waals surface area (Å²) in [4.78, 5) is 28.8. The van der Waals surface area contributed by atoms with Gasteiger partial charge in [0, 0.05) is 36.5 Å². The van der Waals surface area contributed by atoms with Crippen LogP contribution in [0.1, 0.15) is 94.2 Å². The summed E-state index contributed by atoms with van der Waals surface area (Å²) < 4.78 is 13.2. The van der Waals surface area contributed by atoms with Crippen molar-refractivity contribution in [1.82, 2.24) is 15.1 Å². The number of hydrogen-bond donors (Lipinski definition) is 2. The molecule has 5 aliphatic carbocycles. The van der Waals surface area contributed by atoms with Gasteiger partial charge in [-0.15, -0.1) is 0 Å². The molecule has 3 aromatic rings. The Morgan fingerprint density at radius 2 is 1.73 bits per heavy atom. The predicted molar refractivity (Wildman–Crippen MR) is 185 cm³/mol. The van der Waals surface area contributed by atoms with Gasteiger partial charge in [0.2, 0.25) is 5.91 Å². The van der Waals surface area contributed by atoms with Crippen LogP contribution in [0.5, 0.6) is 5.75 Å². The summed E-state index contributed by atoms with van der Waals surface area (Å²) in [7, 11) is 1.73. The highest BCUT2D eigenvalue weighted by Crippen LogP contribution is 2.58. The van der Waals surface area contributed by atoms with Crippen LogP contribution >= 0.6 is 0 Å². The number of fused-ring (bicyclic) bond motifs is 3. The average molecular weight is 655 g/mol. The summed E-state index contributed by atoms with van der Waals surface area (Å²) in [5.74, 6) is 1.01. The fourth-order valence-electron chi connectivity index (χ4n) is 8.65. The molecule has 0 unspecified atom stereocenters. The second-order valence-electron chi connectivity index (χ2n) is 14.9. The number of aromatic nitrogens is 2. The van der Waals surface area contributed by atoms with E-state index in [2.05, 4.69) is 75.6 Å². The van der Waals surface area contributed by atoms with Crippen LogP contribution < -0.4 is 15.0 Å². The van der Waals surface area contributed by atoms with Crippen molar-refractivity contribution in [2.45, 2.75) is 102 Å². The molecule has 2 aromatic carbocycles. The minimum absolute atomic E-state index is 0.0941. The minimum atomic E-state index is -0.503. The van der Waals surface area contributed by atoms with Crippen LogP contribution in [-0.2, 0) is 14.9 Å². The number of methoxy groups -OCH3 is 1. The quantitative estimate of drug-likeness (QED) is 0.229. The molecule has 1 heterocycles. The number of carbonyl (C=O) groups is 2. The summed E-state index contributed by atoms with van der Waals surface area (Å²) >= 11 is 0. The van der Waals surface area contributed by atoms with Crippen molar-refractivity contribution < 1.29 is 24.2 Å². The number of ether oxygens (including phenoxy) is 2. The van der Waals surface area contributed by atoms with Crippen molar-refractivity contribution in [3.63, 3.8) is 0 Å². The maximum Gasteiger partial charge on any atom is 0.407 e. The van der Waals surface area contributed by atoms with E-state index in [-0.39, 0.29) is 41.9 Å². The number of amides is 2. The maximum atomic E-state index is 14.6. The number of rotatable bonds is 11. The zero-order valence-corrected chi connectivity index (χ0v) is 28.5. The van der Waals surface area contributed by atoms with Crippen molar-refractivity contribution in [3.8, 4) is 16.9 Å². The molecule has 48 heavy (non-hydrogen) atoms. The lowest BCUT2D eigenvalue weighted by Crippen LogP contribution is -2.51. The van der Waals surface area contributed by atoms with E-state index >= 15 is 0 Å². The molecule has 5 aliphatic rings. The topological polar surface area (TPSA) is 106 Å². The van der Waals surface area contributed by atoms with Crippen LogP contribution in [0.3, 0.4) is 0 Å². The molecule has 0 spiro atoms. The molecule has 5 saturated carbocycles. The normalized spacial score (nSPS) is 26.6. The Morgan fingerprint density at radius 1 is 0.979 bits per heavy atom. The smallest absolute Gasteiger partial charge is 0.407 e. The number of anilines is 1. The lowest BCUT2D eigenvalue weighted by molar-refractivity contribution is -0.124. The molecule has 1 aromatic heterocycles. The Balaban J connectivity index is 1.10. The van der Waals surface area contributed by atoms with Gasteiger partial charge in [0.25, 0.3) is 0 Å². The number of hydrogen-bond acceptors (Lipinski definition) is 6. The maximum absolute atomic E-state index is 14.6. The van der Waals surface area contributed by atoms with Gasteiger partial charge in [-0.1, -0.05) is 24.3 Å². The molecule has 2 bridgehead atoms. The summed E-state index contributed by atoms with van der Waals surface area (Å²) in [5.41, 5.74) is 6.06. The first-order valence-electron chi connectivity index (χ1n) is 18.0. The van der Waals surface area contributed by atoms with Gasteiger partial charge in [-0.3, -0.25) is 9.48 Å². The van der Waals surface area contributed by atoms with Crippen LogP contribution in [0.2, 0.25) is 0 Å². The van der Waals surface area contributed by atoms with E-state index in [0.29, 0.717) is 31.7 Å². The second-order valence-corrected chi connectivity index (χ2v) is 14.9. The first kappa shape index (κ1) is 32.7. The summed E-state index contributed by atoms with van der Waals surface area (Å²) in [5, 5.41) is 16.2. The van der Waals surface area contributed by atoms with Gasteiger partial charge in [-0.25, -0.2) is 4.79 Å². The number of nitrogens with zero attached hydrogens (tertiary/aromatic N) is 3. The number of nitrogens with one attached hydrogen (secondary N) is 1. The van der Waals surface area contributed by atoms with Gasteiger partial charge in [0.1, 0.15) is 11.9 Å². The lowest BCUT2D eigenvalue weighted by atomic mass is 9.51. The average Bonchev–Trinajstić information content (AvgIpc) is 3.86. The minimum Gasteiger partial charge on any atom is -0.496 e. The van der Waals surface area contributed by atoms with Crippen LogP contribution in [0.4, 0.5) is 10.5 Å². The van der Waals surface area contributed by atoms with E-state index < -0.39 is 6.09 Å². The van der Waals surface area contributed by atoms with E-state index in [9.17, 15) is 9.59 Å². The monoisotopic (exact) mass is 654 g/mol. The van der Waals surface area contributed by atoms with Crippen molar-refractivity contribution in [3.05, 3.63) is 66.0 Å². The van der Waals surface area contributed by atoms with E-state index in [1.54, 1.807) is 7.11 Å². The fraction of sp³-hybridized carbons (Fsp3) is 0.564. The zero-order chi connectivity index (χ0) is 33.3. The predicted octanol–water partition coefficient (Wildman–Crippen LogP) is 7.10. The van der Waals surface area contributed by atoms with Crippen LogP contribution in [0.25, 0.3) is 11.1 Å². The van der Waals surface area contributed by atoms with Crippen LogP contribution in [0.15, 0.2) is 54.9 Å². The zero-order valence-electron chi connectivity index (χ0n) is 28.5. The summed E-state index contributed by atoms with van der Waals surface area (Å²) in [6.07, 6.45) is 15.2. The second kappa shape index (κ2) is 13.6. The molecule has 256 valence electrons. The number of alkyl carbamates (subject to hydrolysis) is 1. The number of aliphatic hydroxyl groups excluding tert-OH is 1. The molecule has 0 aliphatic heterocycles. The molecule has 2 amide bonds. The third kappa shape index (κ3) is 6.71. The van der Waals surface area contributed by atoms with Gasteiger partial charge < -0.3 is 24.8 Å². The molecule has 0 radical (unpaired) electrons. The Hall–Kier alpha value is -3.85. The molecule has 9 nitrogen and oxygen atoms in total. The van der Waals surface area contributed by atoms with E-state index in [0.717, 1.165) is 67.6 Å². The summed E-state index contributed by atoms with van der Waals surface area (Å²) in [6, 6.07) is 15.7. The molecular weight excluding hydrogens is 604 g/mol. The Labute approximate surface area is 284 Å². The fourth-order valence-corrected chi connectivity index (χ4v) is 8.65. The largest absolute Gasteiger partial charge is 0.496 e. The number of carbonyl (C=O) groups excluding carboxylic acids is 2. The van der Waals surface area contributed by atoms with Crippen molar-refractivity contribution in [2.75, 3.05) is 31.7 Å². The first-order chi connectivity index (χ1) is 23.3. The SMILES string of the molecule is COc1ccc(C23CCC(CN(C(=O)C4CCC(OC(=O)NCCO)CC4)c4cccc(-c5cnn(C6CC6)c5)c4)(CC2)CC3)cc1C. The third-order valence-electron chi connectivity index (χ3n) is 11.9. The van der Waals surface area contributed by atoms with Crippen LogP contribution in [-0.4, -0.2) is 59.8 Å². The van der Waals surface area contributed by atoms with Crippen molar-refractivity contribution in [2.24, 2.45) is 11.3 Å². The van der Waals surface area contributed by atoms with E-state index in [4.69, 9.17) is 14.6 Å². The highest BCUT2D eigenvalue weighted by molar-refractivity contribution is 5.96. The van der Waals surface area contributed by atoms with Crippen LogP contribution in [0, 0.1) is 18.3 Å². The Kier molecular flexibility index (Phi) is 9.24. The summed E-state index contributed by atoms with van der Waals surface area (Å²) in [6.45, 7) is 2.91. The highest BCUT2D eigenvalue weighted by Gasteiger charge is 2.50. The molecule has 5 fully saturated rings. The molecule has 0 atom stereocenters. The Morgan fingerprint density at radius 3 is 2.40 bits per heavy atom. The highest BCUT2D eigenvalue weighted by atomic mass is 16.6. The molecule has 9 heteroatoms. The standard InChI is InChI=1S/C39H50N4O5/c1-27-22-31(8-13-35(27)47-2)39-17-14-38(15-18-39,16-19-39)26-42(36(45)28-6-11-34(12-7-28)48-37(46)40-20-21-44)33-5-3-4-29(23-33)30-24-41-43(25-30)32-9-10-32/h3-5,8,13,22-25,28,32,34,44H,6-7,9-12,14-21,26H2,1-2H3,(H,40,46). The van der Waals surface area contributed by atoms with Gasteiger partial charge in [0.15, 0.2) is 0 Å².